The molecule has 1 fully saturated rings. The molecule has 1 atom stereocenters. The predicted molar refractivity (Wildman–Crippen MR) is 146 cm³/mol. The van der Waals surface area contributed by atoms with E-state index in [-0.39, 0.29) is 18.9 Å². The lowest BCUT2D eigenvalue weighted by Gasteiger charge is -2.30. The van der Waals surface area contributed by atoms with Gasteiger partial charge in [0.05, 0.1) is 23.0 Å². The van der Waals surface area contributed by atoms with Crippen molar-refractivity contribution in [2.24, 2.45) is 0 Å². The third-order valence-electron chi connectivity index (χ3n) is 7.01. The molecule has 0 bridgehead atoms. The van der Waals surface area contributed by atoms with E-state index in [1.54, 1.807) is 36.1 Å². The van der Waals surface area contributed by atoms with Crippen LogP contribution in [0.4, 0.5) is 0 Å². The number of hydrogen-bond acceptors (Lipinski definition) is 7. The first kappa shape index (κ1) is 26.3. The van der Waals surface area contributed by atoms with Crippen molar-refractivity contribution in [1.29, 1.82) is 0 Å². The lowest BCUT2D eigenvalue weighted by molar-refractivity contribution is -0.130. The molecule has 4 aromatic rings. The maximum atomic E-state index is 13.6. The number of ether oxygens (including phenoxy) is 1. The number of likely N-dealkylation sites (tertiary alicyclic amines) is 1. The lowest BCUT2D eigenvalue weighted by Crippen LogP contribution is -2.53. The molecule has 3 N–H and O–H groups in total. The molecule has 0 aliphatic carbocycles. The van der Waals surface area contributed by atoms with Crippen molar-refractivity contribution in [3.05, 3.63) is 102 Å². The number of amides is 2. The summed E-state index contributed by atoms with van der Waals surface area (Å²) in [6, 6.07) is 20.8. The predicted octanol–water partition coefficient (Wildman–Crippen LogP) is 3.79. The van der Waals surface area contributed by atoms with Gasteiger partial charge in [-0.3, -0.25) is 29.7 Å². The Hall–Kier alpha value is -4.34. The molecule has 1 aliphatic rings. The standard InChI is InChI=1S/C30H31N5O4/c1-21-15-23(24-8-2-4-10-26(24)32-21)19-39-27-11-5-3-9-25(27)29(37)33-30(16-28(36)34-38)12-14-35(20-30)18-22-7-6-13-31-17-22/h2-11,13,15,17,38H,12,14,16,18-20H2,1H3,(H,33,37)(H,34,36). The zero-order valence-electron chi connectivity index (χ0n) is 21.8. The molecule has 1 unspecified atom stereocenters. The number of para-hydroxylation sites is 2. The molecule has 3 heterocycles. The summed E-state index contributed by atoms with van der Waals surface area (Å²) < 4.78 is 6.18. The third kappa shape index (κ3) is 6.22. The Bertz CT molecular complexity index is 1480. The molecule has 0 spiro atoms. The minimum Gasteiger partial charge on any atom is -0.488 e. The number of hydroxylamine groups is 1. The van der Waals surface area contributed by atoms with E-state index in [4.69, 9.17) is 4.74 Å². The van der Waals surface area contributed by atoms with E-state index in [0.717, 1.165) is 27.7 Å². The van der Waals surface area contributed by atoms with E-state index in [1.807, 2.05) is 55.5 Å². The molecular formula is C30H31N5O4. The number of fused-ring (bicyclic) bond motifs is 1. The molecule has 200 valence electrons. The Labute approximate surface area is 226 Å². The summed E-state index contributed by atoms with van der Waals surface area (Å²) in [6.45, 7) is 3.99. The van der Waals surface area contributed by atoms with Crippen LogP contribution in [-0.4, -0.2) is 50.5 Å². The molecule has 9 nitrogen and oxygen atoms in total. The van der Waals surface area contributed by atoms with Crippen molar-refractivity contribution in [3.63, 3.8) is 0 Å². The summed E-state index contributed by atoms with van der Waals surface area (Å²) in [5.41, 5.74) is 5.05. The molecule has 1 saturated heterocycles. The fourth-order valence-electron chi connectivity index (χ4n) is 5.24. The maximum absolute atomic E-state index is 13.6. The van der Waals surface area contributed by atoms with Gasteiger partial charge in [0.2, 0.25) is 5.91 Å². The Balaban J connectivity index is 1.34. The van der Waals surface area contributed by atoms with Crippen LogP contribution in [0.2, 0.25) is 0 Å². The SMILES string of the molecule is Cc1cc(COc2ccccc2C(=O)NC2(CC(=O)NO)CCN(Cc3cccnc3)C2)c2ccccc2n1. The number of rotatable bonds is 9. The summed E-state index contributed by atoms with van der Waals surface area (Å²) in [5.74, 6) is -0.446. The quantitative estimate of drug-likeness (QED) is 0.225. The van der Waals surface area contributed by atoms with Gasteiger partial charge in [0.25, 0.3) is 5.91 Å². The average Bonchev–Trinajstić information content (AvgIpc) is 3.33. The van der Waals surface area contributed by atoms with Crippen LogP contribution in [0.1, 0.15) is 40.0 Å². The molecule has 9 heteroatoms. The van der Waals surface area contributed by atoms with Gasteiger partial charge in [0, 0.05) is 48.7 Å². The van der Waals surface area contributed by atoms with E-state index < -0.39 is 11.4 Å². The van der Waals surface area contributed by atoms with Crippen LogP contribution in [-0.2, 0) is 17.9 Å². The number of nitrogens with one attached hydrogen (secondary N) is 2. The van der Waals surface area contributed by atoms with Gasteiger partial charge in [0.1, 0.15) is 12.4 Å². The minimum absolute atomic E-state index is 0.0515. The normalized spacial score (nSPS) is 17.2. The summed E-state index contributed by atoms with van der Waals surface area (Å²) in [6.07, 6.45) is 4.03. The monoisotopic (exact) mass is 525 g/mol. The van der Waals surface area contributed by atoms with Gasteiger partial charge in [0.15, 0.2) is 0 Å². The van der Waals surface area contributed by atoms with E-state index >= 15 is 0 Å². The van der Waals surface area contributed by atoms with Crippen molar-refractivity contribution >= 4 is 22.7 Å². The van der Waals surface area contributed by atoms with E-state index in [0.29, 0.717) is 37.4 Å². The van der Waals surface area contributed by atoms with Crippen molar-refractivity contribution in [1.82, 2.24) is 25.7 Å². The topological polar surface area (TPSA) is 117 Å². The highest BCUT2D eigenvalue weighted by molar-refractivity contribution is 5.97. The molecule has 0 saturated carbocycles. The highest BCUT2D eigenvalue weighted by atomic mass is 16.5. The van der Waals surface area contributed by atoms with Gasteiger partial charge in [-0.1, -0.05) is 36.4 Å². The first-order valence-electron chi connectivity index (χ1n) is 12.9. The zero-order valence-corrected chi connectivity index (χ0v) is 21.8. The lowest BCUT2D eigenvalue weighted by atomic mass is 9.93. The third-order valence-corrected chi connectivity index (χ3v) is 7.01. The van der Waals surface area contributed by atoms with Gasteiger partial charge >= 0.3 is 0 Å². The summed E-state index contributed by atoms with van der Waals surface area (Å²) >= 11 is 0. The van der Waals surface area contributed by atoms with Gasteiger partial charge in [-0.2, -0.15) is 0 Å². The number of carbonyl (C=O) groups excluding carboxylic acids is 2. The Morgan fingerprint density at radius 2 is 1.92 bits per heavy atom. The Morgan fingerprint density at radius 1 is 1.10 bits per heavy atom. The van der Waals surface area contributed by atoms with Crippen LogP contribution in [0.25, 0.3) is 10.9 Å². The largest absolute Gasteiger partial charge is 0.488 e. The van der Waals surface area contributed by atoms with Gasteiger partial charge in [-0.05, 0) is 49.2 Å². The van der Waals surface area contributed by atoms with Crippen LogP contribution < -0.4 is 15.5 Å². The van der Waals surface area contributed by atoms with Crippen molar-refractivity contribution in [2.45, 2.75) is 38.5 Å². The first-order chi connectivity index (χ1) is 18.9. The number of pyridine rings is 2. The summed E-state index contributed by atoms with van der Waals surface area (Å²) in [5, 5.41) is 13.3. The molecule has 0 radical (unpaired) electrons. The summed E-state index contributed by atoms with van der Waals surface area (Å²) in [4.78, 5) is 36.8. The highest BCUT2D eigenvalue weighted by Crippen LogP contribution is 2.29. The number of carbonyl (C=O) groups is 2. The second kappa shape index (κ2) is 11.6. The van der Waals surface area contributed by atoms with Gasteiger partial charge < -0.3 is 10.1 Å². The van der Waals surface area contributed by atoms with Crippen LogP contribution in [0.3, 0.4) is 0 Å². The second-order valence-corrected chi connectivity index (χ2v) is 9.99. The fourth-order valence-corrected chi connectivity index (χ4v) is 5.24. The van der Waals surface area contributed by atoms with Crippen LogP contribution in [0.15, 0.2) is 79.1 Å². The molecular weight excluding hydrogens is 494 g/mol. The first-order valence-corrected chi connectivity index (χ1v) is 12.9. The highest BCUT2D eigenvalue weighted by Gasteiger charge is 2.41. The summed E-state index contributed by atoms with van der Waals surface area (Å²) in [7, 11) is 0. The Kier molecular flexibility index (Phi) is 7.81. The van der Waals surface area contributed by atoms with E-state index in [2.05, 4.69) is 20.2 Å². The van der Waals surface area contributed by atoms with Crippen molar-refractivity contribution < 1.29 is 19.5 Å². The molecule has 39 heavy (non-hydrogen) atoms. The fraction of sp³-hybridized carbons (Fsp3) is 0.267. The molecule has 2 amide bonds. The molecule has 5 rings (SSSR count). The maximum Gasteiger partial charge on any atom is 0.255 e. The van der Waals surface area contributed by atoms with Crippen molar-refractivity contribution in [3.8, 4) is 5.75 Å². The van der Waals surface area contributed by atoms with E-state index in [9.17, 15) is 14.8 Å². The molecule has 2 aromatic carbocycles. The minimum atomic E-state index is -0.850. The number of aryl methyl sites for hydroxylation is 1. The number of nitrogens with zero attached hydrogens (tertiary/aromatic N) is 3. The smallest absolute Gasteiger partial charge is 0.255 e. The van der Waals surface area contributed by atoms with E-state index in [1.165, 1.54) is 0 Å². The Morgan fingerprint density at radius 3 is 2.74 bits per heavy atom. The van der Waals surface area contributed by atoms with Gasteiger partial charge in [-0.15, -0.1) is 0 Å². The van der Waals surface area contributed by atoms with Crippen LogP contribution in [0.5, 0.6) is 5.75 Å². The second-order valence-electron chi connectivity index (χ2n) is 9.99. The molecule has 2 aromatic heterocycles. The van der Waals surface area contributed by atoms with Crippen LogP contribution >= 0.6 is 0 Å². The van der Waals surface area contributed by atoms with Crippen LogP contribution in [0, 0.1) is 6.92 Å². The number of hydrogen-bond donors (Lipinski definition) is 3. The average molecular weight is 526 g/mol. The number of benzene rings is 2. The molecule has 1 aliphatic heterocycles. The van der Waals surface area contributed by atoms with Gasteiger partial charge in [-0.25, -0.2) is 5.48 Å². The number of aromatic nitrogens is 2. The zero-order chi connectivity index (χ0) is 27.2. The van der Waals surface area contributed by atoms with Crippen molar-refractivity contribution in [2.75, 3.05) is 13.1 Å².